The van der Waals surface area contributed by atoms with Crippen molar-refractivity contribution in [3.63, 3.8) is 0 Å². The Morgan fingerprint density at radius 3 is 2.65 bits per heavy atom. The minimum absolute atomic E-state index is 0.0230. The van der Waals surface area contributed by atoms with Crippen LogP contribution in [0.1, 0.15) is 17.3 Å². The van der Waals surface area contributed by atoms with Crippen LogP contribution in [0.3, 0.4) is 0 Å². The number of aromatic carboxylic acids is 1. The summed E-state index contributed by atoms with van der Waals surface area (Å²) in [5.41, 5.74) is -0.520. The van der Waals surface area contributed by atoms with Crippen LogP contribution in [0.5, 0.6) is 0 Å². The molecule has 0 amide bonds. The maximum atomic E-state index is 13.9. The number of rotatable bonds is 3. The molecule has 106 valence electrons. The van der Waals surface area contributed by atoms with E-state index in [1.165, 1.54) is 19.3 Å². The van der Waals surface area contributed by atoms with Crippen molar-refractivity contribution >= 4 is 22.6 Å². The van der Waals surface area contributed by atoms with Gasteiger partial charge in [-0.3, -0.25) is 4.79 Å². The number of hydrazine groups is 1. The van der Waals surface area contributed by atoms with Crippen molar-refractivity contribution in [1.82, 2.24) is 4.57 Å². The Morgan fingerprint density at radius 2 is 2.15 bits per heavy atom. The summed E-state index contributed by atoms with van der Waals surface area (Å²) >= 11 is 0. The van der Waals surface area contributed by atoms with Crippen LogP contribution in [-0.4, -0.2) is 22.7 Å². The third-order valence-corrected chi connectivity index (χ3v) is 3.10. The first kappa shape index (κ1) is 14.0. The quantitative estimate of drug-likeness (QED) is 0.650. The minimum Gasteiger partial charge on any atom is -0.477 e. The summed E-state index contributed by atoms with van der Waals surface area (Å²) in [5, 5.41) is 10.1. The third kappa shape index (κ3) is 2.12. The fourth-order valence-electron chi connectivity index (χ4n) is 2.08. The van der Waals surface area contributed by atoms with Crippen LogP contribution < -0.4 is 16.3 Å². The summed E-state index contributed by atoms with van der Waals surface area (Å²) < 4.78 is 15.5. The first-order valence-corrected chi connectivity index (χ1v) is 5.95. The third-order valence-electron chi connectivity index (χ3n) is 3.10. The fraction of sp³-hybridized carbons (Fsp3) is 0.231. The van der Waals surface area contributed by atoms with Crippen LogP contribution in [0.25, 0.3) is 10.9 Å². The lowest BCUT2D eigenvalue weighted by atomic mass is 10.1. The van der Waals surface area contributed by atoms with Gasteiger partial charge in [0.05, 0.1) is 11.2 Å². The van der Waals surface area contributed by atoms with Gasteiger partial charge in [-0.1, -0.05) is 0 Å². The molecule has 0 saturated carbocycles. The summed E-state index contributed by atoms with van der Waals surface area (Å²) in [7, 11) is 1.48. The van der Waals surface area contributed by atoms with Crippen molar-refractivity contribution in [2.75, 3.05) is 12.1 Å². The van der Waals surface area contributed by atoms with Gasteiger partial charge in [0.15, 0.2) is 0 Å². The molecule has 0 unspecified atom stereocenters. The molecular formula is C13H14FN3O3. The lowest BCUT2D eigenvalue weighted by Crippen LogP contribution is -2.27. The zero-order valence-corrected chi connectivity index (χ0v) is 11.1. The number of aromatic nitrogens is 1. The summed E-state index contributed by atoms with van der Waals surface area (Å²) in [5.74, 6) is 3.52. The topological polar surface area (TPSA) is 88.6 Å². The van der Waals surface area contributed by atoms with Gasteiger partial charge >= 0.3 is 5.97 Å². The largest absolute Gasteiger partial charge is 0.477 e. The maximum Gasteiger partial charge on any atom is 0.341 e. The van der Waals surface area contributed by atoms with Crippen molar-refractivity contribution < 1.29 is 14.3 Å². The Balaban J connectivity index is 2.94. The number of carboxylic acids is 1. The molecule has 0 aliphatic rings. The van der Waals surface area contributed by atoms with Crippen LogP contribution in [0.15, 0.2) is 23.1 Å². The van der Waals surface area contributed by atoms with E-state index in [1.807, 2.05) is 0 Å². The van der Waals surface area contributed by atoms with Crippen LogP contribution in [0.4, 0.5) is 10.1 Å². The van der Waals surface area contributed by atoms with E-state index >= 15 is 0 Å². The highest BCUT2D eigenvalue weighted by molar-refractivity contribution is 5.93. The number of hydrogen-bond acceptors (Lipinski definition) is 4. The highest BCUT2D eigenvalue weighted by Gasteiger charge is 2.17. The number of nitrogens with two attached hydrogens (primary N) is 1. The Kier molecular flexibility index (Phi) is 3.46. The smallest absolute Gasteiger partial charge is 0.341 e. The lowest BCUT2D eigenvalue weighted by molar-refractivity contribution is 0.0695. The number of carboxylic acid groups (broad SMARTS) is 1. The molecule has 7 heteroatoms. The van der Waals surface area contributed by atoms with Gasteiger partial charge in [-0.05, 0) is 19.1 Å². The summed E-state index contributed by atoms with van der Waals surface area (Å²) in [4.78, 5) is 23.1. The monoisotopic (exact) mass is 279 g/mol. The minimum atomic E-state index is -1.33. The molecule has 20 heavy (non-hydrogen) atoms. The molecule has 1 aromatic carbocycles. The molecule has 2 aromatic rings. The molecule has 0 radical (unpaired) electrons. The van der Waals surface area contributed by atoms with E-state index in [9.17, 15) is 14.0 Å². The Morgan fingerprint density at radius 1 is 1.50 bits per heavy atom. The number of carbonyl (C=O) groups is 1. The SMILES string of the molecule is CCn1cc(C(=O)O)c(=O)c2cc(F)c(N(C)N)cc21. The number of aryl methyl sites for hydroxylation is 1. The molecule has 0 bridgehead atoms. The zero-order chi connectivity index (χ0) is 15.0. The second kappa shape index (κ2) is 4.93. The fourth-order valence-corrected chi connectivity index (χ4v) is 2.08. The van der Waals surface area contributed by atoms with Gasteiger partial charge in [0, 0.05) is 25.2 Å². The predicted octanol–water partition coefficient (Wildman–Crippen LogP) is 1.17. The highest BCUT2D eigenvalue weighted by Crippen LogP contribution is 2.23. The van der Waals surface area contributed by atoms with Crippen molar-refractivity contribution in [2.24, 2.45) is 5.84 Å². The molecule has 2 rings (SSSR count). The van der Waals surface area contributed by atoms with E-state index in [-0.39, 0.29) is 16.6 Å². The predicted molar refractivity (Wildman–Crippen MR) is 73.4 cm³/mol. The highest BCUT2D eigenvalue weighted by atomic mass is 19.1. The zero-order valence-electron chi connectivity index (χ0n) is 11.1. The summed E-state index contributed by atoms with van der Waals surface area (Å²) in [6.45, 7) is 2.24. The van der Waals surface area contributed by atoms with Crippen molar-refractivity contribution in [3.05, 3.63) is 39.9 Å². The number of fused-ring (bicyclic) bond motifs is 1. The second-order valence-corrected chi connectivity index (χ2v) is 4.39. The van der Waals surface area contributed by atoms with Crippen molar-refractivity contribution in [1.29, 1.82) is 0 Å². The van der Waals surface area contributed by atoms with E-state index in [4.69, 9.17) is 10.9 Å². The first-order valence-electron chi connectivity index (χ1n) is 5.95. The molecule has 0 saturated heterocycles. The average molecular weight is 279 g/mol. The molecule has 0 atom stereocenters. The van der Waals surface area contributed by atoms with Crippen LogP contribution in [0, 0.1) is 5.82 Å². The maximum absolute atomic E-state index is 13.9. The average Bonchev–Trinajstić information content (AvgIpc) is 2.38. The Hall–Kier alpha value is -2.41. The van der Waals surface area contributed by atoms with Gasteiger partial charge < -0.3 is 14.7 Å². The van der Waals surface area contributed by atoms with Crippen LogP contribution >= 0.6 is 0 Å². The van der Waals surface area contributed by atoms with E-state index in [0.717, 1.165) is 11.1 Å². The van der Waals surface area contributed by atoms with Crippen LogP contribution in [-0.2, 0) is 6.54 Å². The Labute approximate surface area is 113 Å². The molecule has 0 aliphatic carbocycles. The number of nitrogens with zero attached hydrogens (tertiary/aromatic N) is 2. The van der Waals surface area contributed by atoms with E-state index < -0.39 is 17.2 Å². The number of pyridine rings is 1. The second-order valence-electron chi connectivity index (χ2n) is 4.39. The van der Waals surface area contributed by atoms with E-state index in [0.29, 0.717) is 12.1 Å². The molecule has 0 spiro atoms. The molecule has 1 heterocycles. The van der Waals surface area contributed by atoms with Crippen molar-refractivity contribution in [3.8, 4) is 0 Å². The molecular weight excluding hydrogens is 265 g/mol. The summed E-state index contributed by atoms with van der Waals surface area (Å²) in [6, 6.07) is 2.45. The van der Waals surface area contributed by atoms with Gasteiger partial charge in [0.1, 0.15) is 11.4 Å². The first-order chi connectivity index (χ1) is 9.36. The summed E-state index contributed by atoms with van der Waals surface area (Å²) in [6.07, 6.45) is 1.26. The number of anilines is 1. The normalized spacial score (nSPS) is 10.8. The van der Waals surface area contributed by atoms with Crippen LogP contribution in [0.2, 0.25) is 0 Å². The van der Waals surface area contributed by atoms with Gasteiger partial charge in [0.25, 0.3) is 0 Å². The van der Waals surface area contributed by atoms with Gasteiger partial charge in [-0.2, -0.15) is 0 Å². The van der Waals surface area contributed by atoms with Crippen molar-refractivity contribution in [2.45, 2.75) is 13.5 Å². The Bertz CT molecular complexity index is 753. The lowest BCUT2D eigenvalue weighted by Gasteiger charge is -2.16. The van der Waals surface area contributed by atoms with Gasteiger partial charge in [-0.25, -0.2) is 15.0 Å². The molecule has 6 nitrogen and oxygen atoms in total. The number of halogens is 1. The van der Waals surface area contributed by atoms with Gasteiger partial charge in [-0.15, -0.1) is 0 Å². The molecule has 0 fully saturated rings. The van der Waals surface area contributed by atoms with E-state index in [2.05, 4.69) is 0 Å². The van der Waals surface area contributed by atoms with E-state index in [1.54, 1.807) is 11.5 Å². The standard InChI is InChI=1S/C13H14FN3O3/c1-3-17-6-8(13(19)20)12(18)7-4-9(14)11(16(2)15)5-10(7)17/h4-6H,3,15H2,1-2H3,(H,19,20). The molecule has 0 aliphatic heterocycles. The molecule has 1 aromatic heterocycles. The number of benzene rings is 1. The number of hydrogen-bond donors (Lipinski definition) is 2. The molecule has 3 N–H and O–H groups in total. The van der Waals surface area contributed by atoms with Gasteiger partial charge in [0.2, 0.25) is 5.43 Å².